The fraction of sp³-hybridized carbons (Fsp3) is 0.0667. The zero-order valence-corrected chi connectivity index (χ0v) is 12.4. The lowest BCUT2D eigenvalue weighted by Crippen LogP contribution is -2.00. The van der Waals surface area contributed by atoms with Crippen molar-refractivity contribution < 1.29 is 9.31 Å². The second-order valence-electron chi connectivity index (χ2n) is 4.69. The van der Waals surface area contributed by atoms with E-state index in [0.717, 1.165) is 15.4 Å². The molecule has 0 aliphatic carbocycles. The lowest BCUT2D eigenvalue weighted by atomic mass is 10.2. The quantitative estimate of drug-likeness (QED) is 0.516. The first kappa shape index (κ1) is 13.8. The minimum absolute atomic E-state index is 0.458. The van der Waals surface area contributed by atoms with Gasteiger partial charge in [0.05, 0.1) is 4.92 Å². The Bertz CT molecular complexity index is 845. The third kappa shape index (κ3) is 2.67. The molecule has 4 nitrogen and oxygen atoms in total. The van der Waals surface area contributed by atoms with E-state index in [9.17, 15) is 14.5 Å². The normalized spacial score (nSPS) is 11.0. The number of fused-ring (bicyclic) bond motifs is 1. The average Bonchev–Trinajstić information content (AvgIpc) is 2.80. The van der Waals surface area contributed by atoms with E-state index in [1.54, 1.807) is 6.07 Å². The Balaban J connectivity index is 1.95. The molecule has 0 aliphatic rings. The van der Waals surface area contributed by atoms with Crippen LogP contribution in [0.1, 0.15) is 5.56 Å². The fourth-order valence-corrected chi connectivity index (χ4v) is 2.68. The van der Waals surface area contributed by atoms with Gasteiger partial charge in [0, 0.05) is 34.2 Å². The molecule has 1 aromatic heterocycles. The summed E-state index contributed by atoms with van der Waals surface area (Å²) in [5, 5.41) is 11.7. The highest BCUT2D eigenvalue weighted by Gasteiger charge is 2.14. The predicted octanol–water partition coefficient (Wildman–Crippen LogP) is 4.50. The monoisotopic (exact) mass is 348 g/mol. The van der Waals surface area contributed by atoms with E-state index in [2.05, 4.69) is 15.9 Å². The lowest BCUT2D eigenvalue weighted by Gasteiger charge is -2.06. The van der Waals surface area contributed by atoms with Gasteiger partial charge >= 0.3 is 5.69 Å². The number of hydrogen-bond acceptors (Lipinski definition) is 2. The van der Waals surface area contributed by atoms with E-state index in [-0.39, 0.29) is 0 Å². The molecule has 0 atom stereocenters. The van der Waals surface area contributed by atoms with E-state index >= 15 is 0 Å². The number of halogens is 2. The summed E-state index contributed by atoms with van der Waals surface area (Å²) in [6.45, 7) is 0.458. The van der Waals surface area contributed by atoms with Crippen LogP contribution in [-0.2, 0) is 6.54 Å². The van der Waals surface area contributed by atoms with E-state index in [1.165, 1.54) is 12.1 Å². The summed E-state index contributed by atoms with van der Waals surface area (Å²) < 4.78 is 16.6. The average molecular weight is 349 g/mol. The summed E-state index contributed by atoms with van der Waals surface area (Å²) in [6, 6.07) is 11.9. The van der Waals surface area contributed by atoms with Gasteiger partial charge in [-0.15, -0.1) is 0 Å². The molecule has 0 bridgehead atoms. The molecule has 3 aromatic rings. The summed E-state index contributed by atoms with van der Waals surface area (Å²) in [6.07, 6.45) is 1.91. The van der Waals surface area contributed by atoms with Gasteiger partial charge in [0.1, 0.15) is 0 Å². The van der Waals surface area contributed by atoms with Gasteiger partial charge in [-0.3, -0.25) is 10.1 Å². The van der Waals surface area contributed by atoms with Crippen molar-refractivity contribution in [3.05, 3.63) is 74.6 Å². The molecule has 6 heteroatoms. The smallest absolute Gasteiger partial charge is 0.304 e. The highest BCUT2D eigenvalue weighted by Crippen LogP contribution is 2.23. The third-order valence-electron chi connectivity index (χ3n) is 3.29. The molecule has 0 fully saturated rings. The van der Waals surface area contributed by atoms with E-state index in [0.29, 0.717) is 12.1 Å². The van der Waals surface area contributed by atoms with Crippen LogP contribution < -0.4 is 0 Å². The van der Waals surface area contributed by atoms with Gasteiger partial charge in [0.25, 0.3) is 0 Å². The maximum absolute atomic E-state index is 13.6. The zero-order chi connectivity index (χ0) is 15.0. The van der Waals surface area contributed by atoms with Crippen molar-refractivity contribution in [3.63, 3.8) is 0 Å². The Morgan fingerprint density at radius 1 is 1.19 bits per heavy atom. The number of rotatable bonds is 3. The molecular weight excluding hydrogens is 339 g/mol. The van der Waals surface area contributed by atoms with Crippen LogP contribution in [0.25, 0.3) is 10.9 Å². The van der Waals surface area contributed by atoms with Crippen LogP contribution in [0.2, 0.25) is 0 Å². The molecule has 0 amide bonds. The first-order chi connectivity index (χ1) is 10.0. The standard InChI is InChI=1S/C15H10BrFN2O2/c16-12-2-4-14-11(8-12)5-6-18(14)9-10-1-3-15(19(20)21)13(17)7-10/h1-8H,9H2. The van der Waals surface area contributed by atoms with Crippen LogP contribution in [0.15, 0.2) is 53.1 Å². The Labute approximate surface area is 128 Å². The van der Waals surface area contributed by atoms with Crippen LogP contribution in [-0.4, -0.2) is 9.49 Å². The molecule has 0 spiro atoms. The van der Waals surface area contributed by atoms with Crippen LogP contribution in [0, 0.1) is 15.9 Å². The predicted molar refractivity (Wildman–Crippen MR) is 81.8 cm³/mol. The highest BCUT2D eigenvalue weighted by molar-refractivity contribution is 9.10. The Morgan fingerprint density at radius 3 is 2.71 bits per heavy atom. The van der Waals surface area contributed by atoms with Gasteiger partial charge in [-0.05, 0) is 35.9 Å². The SMILES string of the molecule is O=[N+]([O-])c1ccc(Cn2ccc3cc(Br)ccc32)cc1F. The molecule has 2 aromatic carbocycles. The van der Waals surface area contributed by atoms with E-state index in [1.807, 2.05) is 35.0 Å². The number of nitrogens with zero attached hydrogens (tertiary/aromatic N) is 2. The van der Waals surface area contributed by atoms with Gasteiger partial charge in [-0.1, -0.05) is 22.0 Å². The summed E-state index contributed by atoms with van der Waals surface area (Å²) >= 11 is 3.42. The van der Waals surface area contributed by atoms with Crippen molar-refractivity contribution in [1.29, 1.82) is 0 Å². The van der Waals surface area contributed by atoms with Crippen molar-refractivity contribution in [2.75, 3.05) is 0 Å². The maximum Gasteiger partial charge on any atom is 0.304 e. The summed E-state index contributed by atoms with van der Waals surface area (Å²) in [5.41, 5.74) is 1.20. The molecule has 106 valence electrons. The Kier molecular flexibility index (Phi) is 3.47. The van der Waals surface area contributed by atoms with Gasteiger partial charge in [-0.2, -0.15) is 4.39 Å². The van der Waals surface area contributed by atoms with E-state index in [4.69, 9.17) is 0 Å². The topological polar surface area (TPSA) is 48.1 Å². The summed E-state index contributed by atoms with van der Waals surface area (Å²) in [5.74, 6) is -0.809. The maximum atomic E-state index is 13.6. The minimum Gasteiger partial charge on any atom is -0.343 e. The van der Waals surface area contributed by atoms with Gasteiger partial charge in [-0.25, -0.2) is 0 Å². The lowest BCUT2D eigenvalue weighted by molar-refractivity contribution is -0.387. The Hall–Kier alpha value is -2.21. The van der Waals surface area contributed by atoms with Crippen molar-refractivity contribution >= 4 is 32.5 Å². The van der Waals surface area contributed by atoms with Gasteiger partial charge in [0.15, 0.2) is 0 Å². The van der Waals surface area contributed by atoms with Crippen LogP contribution in [0.5, 0.6) is 0 Å². The number of nitro groups is 1. The number of hydrogen-bond donors (Lipinski definition) is 0. The molecule has 3 rings (SSSR count). The largest absolute Gasteiger partial charge is 0.343 e. The molecular formula is C15H10BrFN2O2. The second kappa shape index (κ2) is 5.29. The second-order valence-corrected chi connectivity index (χ2v) is 5.61. The van der Waals surface area contributed by atoms with Crippen molar-refractivity contribution in [3.8, 4) is 0 Å². The van der Waals surface area contributed by atoms with Crippen molar-refractivity contribution in [2.45, 2.75) is 6.54 Å². The zero-order valence-electron chi connectivity index (χ0n) is 10.8. The summed E-state index contributed by atoms with van der Waals surface area (Å²) in [7, 11) is 0. The molecule has 0 saturated carbocycles. The molecule has 0 saturated heterocycles. The van der Waals surface area contributed by atoms with Crippen LogP contribution >= 0.6 is 15.9 Å². The van der Waals surface area contributed by atoms with Crippen molar-refractivity contribution in [2.24, 2.45) is 0 Å². The molecule has 0 N–H and O–H groups in total. The number of nitro benzene ring substituents is 1. The first-order valence-corrected chi connectivity index (χ1v) is 7.01. The van der Waals surface area contributed by atoms with Gasteiger partial charge in [0.2, 0.25) is 5.82 Å². The van der Waals surface area contributed by atoms with Crippen LogP contribution in [0.4, 0.5) is 10.1 Å². The minimum atomic E-state index is -0.809. The molecule has 0 aliphatic heterocycles. The third-order valence-corrected chi connectivity index (χ3v) is 3.79. The summed E-state index contributed by atoms with van der Waals surface area (Å²) in [4.78, 5) is 9.89. The number of benzene rings is 2. The molecule has 21 heavy (non-hydrogen) atoms. The first-order valence-electron chi connectivity index (χ1n) is 6.22. The van der Waals surface area contributed by atoms with Crippen LogP contribution in [0.3, 0.4) is 0 Å². The van der Waals surface area contributed by atoms with E-state index < -0.39 is 16.4 Å². The Morgan fingerprint density at radius 2 is 2.00 bits per heavy atom. The fourth-order valence-electron chi connectivity index (χ4n) is 2.30. The van der Waals surface area contributed by atoms with Crippen molar-refractivity contribution in [1.82, 2.24) is 4.57 Å². The highest BCUT2D eigenvalue weighted by atomic mass is 79.9. The van der Waals surface area contributed by atoms with Gasteiger partial charge < -0.3 is 4.57 Å². The molecule has 0 unspecified atom stereocenters. The molecule has 0 radical (unpaired) electrons. The number of aromatic nitrogens is 1. The molecule has 1 heterocycles.